The van der Waals surface area contributed by atoms with Crippen molar-refractivity contribution in [2.75, 3.05) is 98.5 Å². The van der Waals surface area contributed by atoms with Gasteiger partial charge < -0.3 is 120 Å². The summed E-state index contributed by atoms with van der Waals surface area (Å²) in [4.78, 5) is 238. The second-order valence-electron chi connectivity index (χ2n) is 35.7. The van der Waals surface area contributed by atoms with Crippen LogP contribution in [0.4, 0.5) is 0 Å². The highest BCUT2D eigenvalue weighted by atomic mass is 16.5. The zero-order chi connectivity index (χ0) is 101. The molecule has 3 aliphatic rings. The number of benzene rings is 2. The van der Waals surface area contributed by atoms with Crippen LogP contribution in [0.5, 0.6) is 0 Å². The summed E-state index contributed by atoms with van der Waals surface area (Å²) in [6.07, 6.45) is 19.0. The van der Waals surface area contributed by atoms with E-state index in [2.05, 4.69) is 105 Å². The fourth-order valence-electron chi connectivity index (χ4n) is 16.7. The average Bonchev–Trinajstić information content (AvgIpc) is 1.65. The standard InChI is InChI=1S/C94H144N26O20/c1-3-4-29-69(85(130)110-72-36-38-81(126)99-39-24-23-30-67(61(2)122)107-89(134)74(50-63-53-102-68-31-22-21-28-66(63)68)111-86(131)70(32-25-40-101-94(96)97)108-88(133)73(49-62-26-17-16-18-27-62)112-91(136)77-52-65(123)56-120(77)93(72)138)105-83(128)57-118-42-44-119(45-43-118)92(137)75(51-64-54-98-60-104-64)113-87(132)71(35-37-78(95)124)109-90(135)76(58-121)106-82(127)55-103-84(129)59-140-48-47-139-46-41-100-80(125)34-20-15-13-11-9-7-5-6-8-10-12-14-19-33-79-114-116-117-115-79/h16-18,21-22,26-28,31,53-54,60,65,67,69-77,102,121,123H,3-15,19-20,23-25,29-30,32-52,55-59H2,1-2H3,(H2,95,124)(H,98,104)(H,99,126)(H,100,125)(H,103,129)(H,105,128)(H,106,127)(H,107,134)(H,108,133)(H,109,135)(H,110,130)(H,111,131)(H,112,136)(H,113,132)(H4,96,97,101)(H,114,115,116,117)/t65-,67+,69+,70+,71+,72+,73-,74+,75+,76+,77+/m1/s1. The van der Waals surface area contributed by atoms with Gasteiger partial charge >= 0.3 is 0 Å². The zero-order valence-corrected chi connectivity index (χ0v) is 80.3. The monoisotopic (exact) mass is 1960 g/mol. The Kier molecular flexibility index (Phi) is 49.9. The molecule has 3 aliphatic heterocycles. The molecule has 3 saturated heterocycles. The predicted octanol–water partition coefficient (Wildman–Crippen LogP) is -1.75. The Hall–Kier alpha value is -13.0. The van der Waals surface area contributed by atoms with Gasteiger partial charge in [-0.05, 0) is 98.8 Å². The average molecular weight is 1960 g/mol. The molecule has 11 atom stereocenters. The van der Waals surface area contributed by atoms with Crippen LogP contribution in [0.2, 0.25) is 0 Å². The van der Waals surface area contributed by atoms with Crippen molar-refractivity contribution in [2.45, 2.75) is 279 Å². The van der Waals surface area contributed by atoms with Crippen molar-refractivity contribution in [1.29, 1.82) is 5.41 Å². The Morgan fingerprint density at radius 1 is 0.621 bits per heavy atom. The second kappa shape index (κ2) is 62.2. The number of aryl methyl sites for hydroxylation is 1. The molecule has 2 aromatic carbocycles. The highest BCUT2D eigenvalue weighted by Gasteiger charge is 2.44. The van der Waals surface area contributed by atoms with E-state index in [9.17, 15) is 77.3 Å². The SMILES string of the molecule is CCCC[C@H](NC(=O)CN1CCN(C(=O)[C@H](Cc2c[nH]cn2)NC(=O)[C@H](CCC(N)=O)NC(=O)[C@H](CO)NC(=O)CNC(=O)COCCOCCNC(=O)CCCCCCCCCCCCCCCc2nnn[nH]2)CC1)C(=O)N[C@H]1CCC(=O)NCCCC[C@@H](C(C)=O)NC(=O)[C@H](Cc2c[nH]c3ccccc23)NC(=O)[C@H](CCCNC(=N)N)NC(=O)[C@@H](Cc2ccccc2)NC(=O)[C@@H]2C[C@@H](O)CN2C1=O. The van der Waals surface area contributed by atoms with Gasteiger partial charge in [0.25, 0.3) is 0 Å². The van der Waals surface area contributed by atoms with Crippen LogP contribution in [0.3, 0.4) is 0 Å². The molecule has 5 aromatic rings. The van der Waals surface area contributed by atoms with Crippen LogP contribution in [-0.4, -0.2) is 326 Å². The van der Waals surface area contributed by atoms with E-state index in [1.165, 1.54) is 75.7 Å². The van der Waals surface area contributed by atoms with Crippen LogP contribution in [0.1, 0.15) is 210 Å². The van der Waals surface area contributed by atoms with Crippen LogP contribution in [0.15, 0.2) is 73.3 Å². The number of para-hydroxylation sites is 1. The van der Waals surface area contributed by atoms with E-state index in [0.717, 1.165) is 60.2 Å². The smallest absolute Gasteiger partial charge is 0.246 e. The number of Topliss-reactive ketones (excluding diaryl/α,β-unsaturated/α-hetero) is 1. The molecule has 46 heteroatoms. The number of primary amides is 1. The third kappa shape index (κ3) is 41.2. The number of carbonyl (C=O) groups is 16. The minimum absolute atomic E-state index is 0.00120. The molecule has 0 bridgehead atoms. The topological polar surface area (TPSA) is 673 Å². The molecule has 0 spiro atoms. The van der Waals surface area contributed by atoms with Gasteiger partial charge in [0.1, 0.15) is 66.8 Å². The number of guanidine groups is 1. The van der Waals surface area contributed by atoms with E-state index in [4.69, 9.17) is 26.4 Å². The predicted molar refractivity (Wildman–Crippen MR) is 512 cm³/mol. The minimum atomic E-state index is -1.69. The molecule has 6 heterocycles. The molecule has 3 aromatic heterocycles. The number of imidazole rings is 1. The first-order valence-corrected chi connectivity index (χ1v) is 49.0. The Balaban J connectivity index is 0.824. The number of aromatic amines is 3. The molecule has 0 radical (unpaired) electrons. The summed E-state index contributed by atoms with van der Waals surface area (Å²) >= 11 is 0. The number of nitrogens with two attached hydrogens (primary N) is 2. The normalized spacial score (nSPS) is 19.2. The number of tetrazole rings is 1. The molecule has 46 nitrogen and oxygen atoms in total. The first-order chi connectivity index (χ1) is 67.5. The number of hydrogen-bond donors (Lipinski definition) is 21. The maximum Gasteiger partial charge on any atom is 0.246 e. The van der Waals surface area contributed by atoms with Gasteiger partial charge in [0.15, 0.2) is 11.7 Å². The molecule has 15 amide bonds. The molecule has 8 rings (SSSR count). The summed E-state index contributed by atoms with van der Waals surface area (Å²) in [7, 11) is 0. The molecule has 0 aliphatic carbocycles. The van der Waals surface area contributed by atoms with Crippen molar-refractivity contribution in [3.63, 3.8) is 0 Å². The minimum Gasteiger partial charge on any atom is -0.394 e. The Bertz CT molecular complexity index is 4770. The van der Waals surface area contributed by atoms with Crippen LogP contribution >= 0.6 is 0 Å². The van der Waals surface area contributed by atoms with Gasteiger partial charge in [-0.25, -0.2) is 10.1 Å². The number of carbonyl (C=O) groups excluding carboxylic acids is 16. The highest BCUT2D eigenvalue weighted by Crippen LogP contribution is 2.25. The van der Waals surface area contributed by atoms with Crippen molar-refractivity contribution in [3.05, 3.63) is 96.0 Å². The number of aliphatic hydroxyl groups excluding tert-OH is 2. The van der Waals surface area contributed by atoms with E-state index < -0.39 is 194 Å². The largest absolute Gasteiger partial charge is 0.394 e. The maximum atomic E-state index is 15.3. The van der Waals surface area contributed by atoms with E-state index in [1.54, 1.807) is 41.4 Å². The Morgan fingerprint density at radius 3 is 1.96 bits per heavy atom. The van der Waals surface area contributed by atoms with Gasteiger partial charge in [-0.1, -0.05) is 139 Å². The maximum absolute atomic E-state index is 15.3. The quantitative estimate of drug-likeness (QED) is 0.0117. The number of nitrogens with one attached hydrogen (secondary N) is 17. The van der Waals surface area contributed by atoms with E-state index in [0.29, 0.717) is 55.5 Å². The number of fused-ring (bicyclic) bond motifs is 2. The van der Waals surface area contributed by atoms with Crippen molar-refractivity contribution in [1.82, 2.24) is 119 Å². The van der Waals surface area contributed by atoms with Crippen molar-refractivity contribution < 1.29 is 96.4 Å². The molecule has 770 valence electrons. The van der Waals surface area contributed by atoms with Gasteiger partial charge in [-0.3, -0.25) is 87.0 Å². The number of aromatic nitrogens is 7. The summed E-state index contributed by atoms with van der Waals surface area (Å²) in [5.74, 6) is -11.3. The number of unbranched alkanes of at least 4 members (excludes halogenated alkanes) is 13. The van der Waals surface area contributed by atoms with Crippen LogP contribution in [0, 0.1) is 5.41 Å². The zero-order valence-electron chi connectivity index (χ0n) is 80.3. The number of aliphatic hydroxyl groups is 2. The first-order valence-electron chi connectivity index (χ1n) is 49.0. The summed E-state index contributed by atoms with van der Waals surface area (Å²) in [5.41, 5.74) is 13.4. The number of H-pyrrole nitrogens is 3. The van der Waals surface area contributed by atoms with Crippen molar-refractivity contribution >= 4 is 111 Å². The number of ether oxygens (including phenoxy) is 2. The first kappa shape index (κ1) is 112. The third-order valence-corrected chi connectivity index (χ3v) is 24.6. The fraction of sp³-hybridized carbons (Fsp3) is 0.628. The molecular weight excluding hydrogens is 1810 g/mol. The lowest BCUT2D eigenvalue weighted by atomic mass is 10.0. The van der Waals surface area contributed by atoms with Crippen LogP contribution in [-0.2, 0) is 112 Å². The van der Waals surface area contributed by atoms with Crippen LogP contribution < -0.4 is 80.6 Å². The number of hydrogen-bond acceptors (Lipinski definition) is 26. The molecule has 3 fully saturated rings. The molecule has 23 N–H and O–H groups in total. The number of nitrogens with zero attached hydrogens (tertiary/aromatic N) is 7. The lowest BCUT2D eigenvalue weighted by molar-refractivity contribution is -0.143. The number of rotatable bonds is 55. The summed E-state index contributed by atoms with van der Waals surface area (Å²) in [6, 6.07) is 1.59. The second-order valence-corrected chi connectivity index (χ2v) is 35.7. The lowest BCUT2D eigenvalue weighted by Crippen LogP contribution is -2.60. The number of ketones is 1. The van der Waals surface area contributed by atoms with E-state index in [1.807, 2.05) is 31.2 Å². The molecular formula is C94H144N26O20. The van der Waals surface area contributed by atoms with E-state index >= 15 is 9.59 Å². The Morgan fingerprint density at radius 2 is 1.27 bits per heavy atom. The van der Waals surface area contributed by atoms with Crippen LogP contribution in [0.25, 0.3) is 10.9 Å². The summed E-state index contributed by atoms with van der Waals surface area (Å²) in [6.45, 7) is 1.28. The van der Waals surface area contributed by atoms with Crippen molar-refractivity contribution in [2.24, 2.45) is 11.5 Å². The highest BCUT2D eigenvalue weighted by molar-refractivity contribution is 6.00. The van der Waals surface area contributed by atoms with Gasteiger partial charge in [0.2, 0.25) is 88.6 Å². The van der Waals surface area contributed by atoms with Crippen molar-refractivity contribution in [3.8, 4) is 0 Å². The van der Waals surface area contributed by atoms with Gasteiger partial charge in [-0.2, -0.15) is 0 Å². The fourth-order valence-corrected chi connectivity index (χ4v) is 16.7. The molecule has 0 saturated carbocycles. The summed E-state index contributed by atoms with van der Waals surface area (Å²) in [5, 5.41) is 78.9. The number of piperazine rings is 1. The Labute approximate surface area is 814 Å². The molecule has 140 heavy (non-hydrogen) atoms. The molecule has 0 unspecified atom stereocenters. The van der Waals surface area contributed by atoms with E-state index in [-0.39, 0.29) is 142 Å². The van der Waals surface area contributed by atoms with Gasteiger partial charge in [0.05, 0.1) is 63.7 Å². The summed E-state index contributed by atoms with van der Waals surface area (Å²) < 4.78 is 10.9. The van der Waals surface area contributed by atoms with Gasteiger partial charge in [0, 0.05) is 127 Å². The van der Waals surface area contributed by atoms with Gasteiger partial charge in [-0.15, -0.1) is 5.10 Å². The lowest BCUT2D eigenvalue weighted by Gasteiger charge is -2.36. The third-order valence-electron chi connectivity index (χ3n) is 24.6. The number of amides is 15.